The minimum absolute atomic E-state index is 0.125. The molecule has 1 amide bonds. The molecule has 10 heteroatoms. The van der Waals surface area contributed by atoms with Crippen LogP contribution in [0.4, 0.5) is 11.8 Å². The van der Waals surface area contributed by atoms with E-state index in [2.05, 4.69) is 15.0 Å². The topological polar surface area (TPSA) is 158 Å². The average molecular weight is 402 g/mol. The lowest BCUT2D eigenvalue weighted by molar-refractivity contribution is -0.140. The predicted octanol–water partition coefficient (Wildman–Crippen LogP) is 1.43. The third-order valence-corrected chi connectivity index (χ3v) is 4.47. The Bertz CT molecular complexity index is 823. The van der Waals surface area contributed by atoms with Crippen molar-refractivity contribution in [2.45, 2.75) is 38.1 Å². The normalized spacial score (nSPS) is 11.7. The van der Waals surface area contributed by atoms with Crippen LogP contribution in [0.1, 0.15) is 43.0 Å². The highest BCUT2D eigenvalue weighted by atomic mass is 16.5. The van der Waals surface area contributed by atoms with Crippen LogP contribution < -0.4 is 16.2 Å². The lowest BCUT2D eigenvalue weighted by atomic mass is 10.0. The van der Waals surface area contributed by atoms with Gasteiger partial charge in [-0.05, 0) is 24.8 Å². The largest absolute Gasteiger partial charge is 0.481 e. The van der Waals surface area contributed by atoms with Crippen LogP contribution in [-0.2, 0) is 16.0 Å². The van der Waals surface area contributed by atoms with Crippen LogP contribution in [0.3, 0.4) is 0 Å². The number of aromatic nitrogens is 3. The monoisotopic (exact) mass is 402 g/mol. The summed E-state index contributed by atoms with van der Waals surface area (Å²) in [5.74, 6) is -0.283. The zero-order chi connectivity index (χ0) is 21.4. The SMILES string of the molecule is COc1ccc([C@H](CC(=O)O)N(C)C(=O)CCCCc2cc(N)nc(N)n2)cn1. The summed E-state index contributed by atoms with van der Waals surface area (Å²) in [4.78, 5) is 37.4. The van der Waals surface area contributed by atoms with Crippen molar-refractivity contribution in [2.24, 2.45) is 0 Å². The maximum atomic E-state index is 12.6. The fraction of sp³-hybridized carbons (Fsp3) is 0.421. The summed E-state index contributed by atoms with van der Waals surface area (Å²) in [5.41, 5.74) is 12.6. The van der Waals surface area contributed by atoms with Gasteiger partial charge in [0.15, 0.2) is 0 Å². The quantitative estimate of drug-likeness (QED) is 0.500. The molecule has 0 aliphatic carbocycles. The van der Waals surface area contributed by atoms with Crippen LogP contribution in [0.25, 0.3) is 0 Å². The number of nitrogens with two attached hydrogens (primary N) is 2. The van der Waals surface area contributed by atoms with Crippen LogP contribution in [0.2, 0.25) is 0 Å². The van der Waals surface area contributed by atoms with E-state index in [0.717, 1.165) is 5.69 Å². The van der Waals surface area contributed by atoms with Crippen molar-refractivity contribution < 1.29 is 19.4 Å². The molecule has 1 atom stereocenters. The van der Waals surface area contributed by atoms with E-state index >= 15 is 0 Å². The number of amides is 1. The van der Waals surface area contributed by atoms with Gasteiger partial charge in [0.25, 0.3) is 0 Å². The van der Waals surface area contributed by atoms with Gasteiger partial charge in [0.05, 0.1) is 19.6 Å². The molecular formula is C19H26N6O4. The van der Waals surface area contributed by atoms with Crippen molar-refractivity contribution in [1.29, 1.82) is 0 Å². The summed E-state index contributed by atoms with van der Waals surface area (Å²) in [7, 11) is 3.10. The first-order valence-electron chi connectivity index (χ1n) is 9.16. The Hall–Kier alpha value is -3.43. The summed E-state index contributed by atoms with van der Waals surface area (Å²) in [6.07, 6.45) is 3.55. The van der Waals surface area contributed by atoms with Gasteiger partial charge < -0.3 is 26.2 Å². The van der Waals surface area contributed by atoms with Crippen LogP contribution in [-0.4, -0.2) is 51.0 Å². The minimum Gasteiger partial charge on any atom is -0.481 e. The van der Waals surface area contributed by atoms with E-state index in [1.54, 1.807) is 25.2 Å². The van der Waals surface area contributed by atoms with E-state index in [9.17, 15) is 14.7 Å². The first-order chi connectivity index (χ1) is 13.8. The molecule has 0 saturated carbocycles. The Morgan fingerprint density at radius 2 is 2.00 bits per heavy atom. The molecule has 0 bridgehead atoms. The molecule has 29 heavy (non-hydrogen) atoms. The highest BCUT2D eigenvalue weighted by Crippen LogP contribution is 2.25. The Labute approximate surface area is 168 Å². The molecule has 0 aromatic carbocycles. The van der Waals surface area contributed by atoms with E-state index in [0.29, 0.717) is 36.5 Å². The van der Waals surface area contributed by atoms with Gasteiger partial charge >= 0.3 is 5.97 Å². The summed E-state index contributed by atoms with van der Waals surface area (Å²) >= 11 is 0. The second-order valence-corrected chi connectivity index (χ2v) is 6.60. The number of nitrogen functional groups attached to an aromatic ring is 2. The third-order valence-electron chi connectivity index (χ3n) is 4.47. The maximum absolute atomic E-state index is 12.6. The summed E-state index contributed by atoms with van der Waals surface area (Å²) in [6, 6.07) is 4.40. The molecule has 0 aliphatic heterocycles. The molecule has 10 nitrogen and oxygen atoms in total. The fourth-order valence-electron chi connectivity index (χ4n) is 2.95. The van der Waals surface area contributed by atoms with Crippen molar-refractivity contribution >= 4 is 23.6 Å². The van der Waals surface area contributed by atoms with Crippen molar-refractivity contribution in [3.05, 3.63) is 35.7 Å². The lowest BCUT2D eigenvalue weighted by Gasteiger charge is -2.27. The van der Waals surface area contributed by atoms with Gasteiger partial charge in [-0.15, -0.1) is 0 Å². The summed E-state index contributed by atoms with van der Waals surface area (Å²) in [6.45, 7) is 0. The van der Waals surface area contributed by atoms with E-state index < -0.39 is 12.0 Å². The van der Waals surface area contributed by atoms with E-state index in [-0.39, 0.29) is 24.7 Å². The molecule has 156 valence electrons. The van der Waals surface area contributed by atoms with Gasteiger partial charge in [-0.2, -0.15) is 4.98 Å². The van der Waals surface area contributed by atoms with E-state index in [1.807, 2.05) is 0 Å². The molecule has 2 aromatic heterocycles. The Morgan fingerprint density at radius 3 is 2.59 bits per heavy atom. The Morgan fingerprint density at radius 1 is 1.24 bits per heavy atom. The molecule has 0 unspecified atom stereocenters. The highest BCUT2D eigenvalue weighted by molar-refractivity contribution is 5.77. The highest BCUT2D eigenvalue weighted by Gasteiger charge is 2.24. The van der Waals surface area contributed by atoms with Crippen molar-refractivity contribution in [2.75, 3.05) is 25.6 Å². The zero-order valence-corrected chi connectivity index (χ0v) is 16.5. The number of carbonyl (C=O) groups is 2. The number of anilines is 2. The molecule has 0 radical (unpaired) electrons. The number of rotatable bonds is 10. The number of aryl methyl sites for hydroxylation is 1. The van der Waals surface area contributed by atoms with Gasteiger partial charge in [0.2, 0.25) is 17.7 Å². The molecular weight excluding hydrogens is 376 g/mol. The van der Waals surface area contributed by atoms with Gasteiger partial charge in [-0.3, -0.25) is 9.59 Å². The van der Waals surface area contributed by atoms with Gasteiger partial charge in [0, 0.05) is 37.5 Å². The standard InChI is InChI=1S/C19H26N6O4/c1-25(14(10-18(27)28)12-7-8-16(29-2)22-11-12)17(26)6-4-3-5-13-9-15(20)24-19(21)23-13/h7-9,11,14H,3-6,10H2,1-2H3,(H,27,28)(H4,20,21,23,24)/t14-/m0/s1. The number of nitrogens with zero attached hydrogens (tertiary/aromatic N) is 4. The van der Waals surface area contributed by atoms with Crippen molar-refractivity contribution in [1.82, 2.24) is 19.9 Å². The number of carboxylic acid groups (broad SMARTS) is 1. The number of hydrogen-bond donors (Lipinski definition) is 3. The summed E-state index contributed by atoms with van der Waals surface area (Å²) in [5, 5.41) is 9.25. The number of pyridine rings is 1. The first kappa shape index (κ1) is 21.9. The fourth-order valence-corrected chi connectivity index (χ4v) is 2.95. The van der Waals surface area contributed by atoms with Crippen LogP contribution in [0, 0.1) is 0 Å². The number of carbonyl (C=O) groups excluding carboxylic acids is 1. The average Bonchev–Trinajstić information content (AvgIpc) is 2.68. The van der Waals surface area contributed by atoms with Crippen LogP contribution in [0.15, 0.2) is 24.4 Å². The molecule has 0 spiro atoms. The predicted molar refractivity (Wildman–Crippen MR) is 107 cm³/mol. The Kier molecular flexibility index (Phi) is 7.70. The van der Waals surface area contributed by atoms with Gasteiger partial charge in [-0.25, -0.2) is 9.97 Å². The van der Waals surface area contributed by atoms with Crippen LogP contribution in [0.5, 0.6) is 5.88 Å². The van der Waals surface area contributed by atoms with Crippen LogP contribution >= 0.6 is 0 Å². The molecule has 0 saturated heterocycles. The number of carboxylic acids is 1. The van der Waals surface area contributed by atoms with Crippen molar-refractivity contribution in [3.8, 4) is 5.88 Å². The Balaban J connectivity index is 1.94. The third kappa shape index (κ3) is 6.59. The van der Waals surface area contributed by atoms with Gasteiger partial charge in [-0.1, -0.05) is 6.07 Å². The van der Waals surface area contributed by atoms with Gasteiger partial charge in [0.1, 0.15) is 5.82 Å². The van der Waals surface area contributed by atoms with Crippen molar-refractivity contribution in [3.63, 3.8) is 0 Å². The molecule has 0 aliphatic rings. The minimum atomic E-state index is -0.996. The van der Waals surface area contributed by atoms with E-state index in [4.69, 9.17) is 16.2 Å². The number of aliphatic carboxylic acids is 1. The molecule has 5 N–H and O–H groups in total. The molecule has 2 aromatic rings. The zero-order valence-electron chi connectivity index (χ0n) is 16.5. The molecule has 0 fully saturated rings. The first-order valence-corrected chi connectivity index (χ1v) is 9.16. The number of methoxy groups -OCH3 is 1. The van der Waals surface area contributed by atoms with E-state index in [1.165, 1.54) is 18.2 Å². The lowest BCUT2D eigenvalue weighted by Crippen LogP contribution is -2.32. The number of unbranched alkanes of at least 4 members (excludes halogenated alkanes) is 1. The number of ether oxygens (including phenoxy) is 1. The molecule has 2 heterocycles. The second kappa shape index (κ2) is 10.2. The summed E-state index contributed by atoms with van der Waals surface area (Å²) < 4.78 is 5.02. The maximum Gasteiger partial charge on any atom is 0.305 e. The molecule has 2 rings (SSSR count). The number of hydrogen-bond acceptors (Lipinski definition) is 8. The smallest absolute Gasteiger partial charge is 0.305 e. The second-order valence-electron chi connectivity index (χ2n) is 6.60.